The van der Waals surface area contributed by atoms with Crippen LogP contribution in [0, 0.1) is 5.92 Å². The molecular weight excluding hydrogens is 230 g/mol. The number of amides is 1. The number of halogens is 1. The third-order valence-electron chi connectivity index (χ3n) is 2.41. The first-order valence-corrected chi connectivity index (χ1v) is 5.96. The van der Waals surface area contributed by atoms with E-state index in [1.54, 1.807) is 19.1 Å². The van der Waals surface area contributed by atoms with Crippen LogP contribution in [0.3, 0.4) is 0 Å². The first-order valence-electron chi connectivity index (χ1n) is 5.42. The maximum absolute atomic E-state index is 12.0. The Morgan fingerprint density at radius 3 is 2.38 bits per heavy atom. The van der Waals surface area contributed by atoms with Gasteiger partial charge in [0.25, 0.3) is 0 Å². The fourth-order valence-electron chi connectivity index (χ4n) is 1.42. The third-order valence-corrected chi connectivity index (χ3v) is 2.88. The van der Waals surface area contributed by atoms with Gasteiger partial charge in [0.2, 0.25) is 5.91 Å². The minimum atomic E-state index is -0.169. The number of hydrogen-bond donors (Lipinski definition) is 0. The molecule has 1 amide bonds. The van der Waals surface area contributed by atoms with Crippen molar-refractivity contribution < 1.29 is 14.3 Å². The number of ether oxygens (including phenoxy) is 2. The molecule has 2 atom stereocenters. The van der Waals surface area contributed by atoms with Crippen molar-refractivity contribution in [2.45, 2.75) is 19.9 Å². The van der Waals surface area contributed by atoms with Crippen LogP contribution in [0.1, 0.15) is 13.8 Å². The van der Waals surface area contributed by atoms with Crippen molar-refractivity contribution in [3.8, 4) is 0 Å². The Balaban J connectivity index is 4.45. The van der Waals surface area contributed by atoms with E-state index in [9.17, 15) is 4.79 Å². The van der Waals surface area contributed by atoms with E-state index in [1.807, 2.05) is 13.8 Å². The highest BCUT2D eigenvalue weighted by Crippen LogP contribution is 2.09. The van der Waals surface area contributed by atoms with Crippen LogP contribution in [0.4, 0.5) is 0 Å². The van der Waals surface area contributed by atoms with Gasteiger partial charge in [-0.3, -0.25) is 4.79 Å². The number of methoxy groups -OCH3 is 2. The van der Waals surface area contributed by atoms with Gasteiger partial charge in [0.05, 0.1) is 19.3 Å². The average molecular weight is 252 g/mol. The second kappa shape index (κ2) is 8.79. The van der Waals surface area contributed by atoms with Crippen LogP contribution >= 0.6 is 11.6 Å². The second-order valence-corrected chi connectivity index (χ2v) is 4.19. The summed E-state index contributed by atoms with van der Waals surface area (Å²) in [5, 5.41) is 0. The van der Waals surface area contributed by atoms with Crippen LogP contribution in [0.25, 0.3) is 0 Å². The SMILES string of the molecule is COCCN(C(=O)C(C)CCl)C(C)COC. The number of carbonyl (C=O) groups is 1. The summed E-state index contributed by atoms with van der Waals surface area (Å²) in [6.07, 6.45) is 0. The van der Waals surface area contributed by atoms with Crippen LogP contribution in [0.15, 0.2) is 0 Å². The van der Waals surface area contributed by atoms with E-state index in [0.29, 0.717) is 25.6 Å². The lowest BCUT2D eigenvalue weighted by atomic mass is 10.1. The summed E-state index contributed by atoms with van der Waals surface area (Å²) >= 11 is 5.70. The molecule has 96 valence electrons. The van der Waals surface area contributed by atoms with Crippen molar-refractivity contribution in [3.63, 3.8) is 0 Å². The van der Waals surface area contributed by atoms with Crippen molar-refractivity contribution in [2.75, 3.05) is 39.9 Å². The van der Waals surface area contributed by atoms with Crippen LogP contribution in [-0.4, -0.2) is 56.7 Å². The number of carbonyl (C=O) groups excluding carboxylic acids is 1. The Morgan fingerprint density at radius 2 is 1.94 bits per heavy atom. The number of rotatable bonds is 8. The van der Waals surface area contributed by atoms with Crippen molar-refractivity contribution in [2.24, 2.45) is 5.92 Å². The van der Waals surface area contributed by atoms with E-state index >= 15 is 0 Å². The Morgan fingerprint density at radius 1 is 1.31 bits per heavy atom. The molecule has 2 unspecified atom stereocenters. The molecule has 0 saturated heterocycles. The summed E-state index contributed by atoms with van der Waals surface area (Å²) in [5.74, 6) is 0.219. The van der Waals surface area contributed by atoms with E-state index in [4.69, 9.17) is 21.1 Å². The van der Waals surface area contributed by atoms with Gasteiger partial charge in [-0.15, -0.1) is 11.6 Å². The molecule has 0 fully saturated rings. The lowest BCUT2D eigenvalue weighted by Gasteiger charge is -2.30. The molecule has 0 spiro atoms. The van der Waals surface area contributed by atoms with Gasteiger partial charge in [-0.2, -0.15) is 0 Å². The molecule has 0 aliphatic carbocycles. The maximum Gasteiger partial charge on any atom is 0.227 e. The van der Waals surface area contributed by atoms with Gasteiger partial charge in [-0.25, -0.2) is 0 Å². The highest BCUT2D eigenvalue weighted by atomic mass is 35.5. The molecule has 0 heterocycles. The van der Waals surface area contributed by atoms with Crippen molar-refractivity contribution in [1.29, 1.82) is 0 Å². The lowest BCUT2D eigenvalue weighted by molar-refractivity contribution is -0.138. The fraction of sp³-hybridized carbons (Fsp3) is 0.909. The van der Waals surface area contributed by atoms with E-state index in [2.05, 4.69) is 0 Å². The summed E-state index contributed by atoms with van der Waals surface area (Å²) in [4.78, 5) is 13.8. The zero-order valence-electron chi connectivity index (χ0n) is 10.5. The molecule has 0 radical (unpaired) electrons. The number of alkyl halides is 1. The minimum Gasteiger partial charge on any atom is -0.383 e. The second-order valence-electron chi connectivity index (χ2n) is 3.88. The zero-order valence-corrected chi connectivity index (χ0v) is 11.3. The molecule has 0 aromatic carbocycles. The molecule has 0 aliphatic rings. The summed E-state index contributed by atoms with van der Waals surface area (Å²) < 4.78 is 10.1. The third kappa shape index (κ3) is 5.14. The molecule has 0 aliphatic heterocycles. The summed E-state index contributed by atoms with van der Waals surface area (Å²) in [7, 11) is 3.25. The number of hydrogen-bond acceptors (Lipinski definition) is 3. The highest BCUT2D eigenvalue weighted by molar-refractivity contribution is 6.19. The quantitative estimate of drug-likeness (QED) is 0.612. The Labute approximate surface area is 103 Å². The maximum atomic E-state index is 12.0. The molecule has 4 nitrogen and oxygen atoms in total. The predicted molar refractivity (Wildman–Crippen MR) is 64.8 cm³/mol. The molecule has 16 heavy (non-hydrogen) atoms. The normalized spacial score (nSPS) is 14.6. The van der Waals surface area contributed by atoms with Crippen molar-refractivity contribution in [3.05, 3.63) is 0 Å². The van der Waals surface area contributed by atoms with E-state index in [0.717, 1.165) is 0 Å². The predicted octanol–water partition coefficient (Wildman–Crippen LogP) is 1.37. The fourth-order valence-corrected chi connectivity index (χ4v) is 1.55. The van der Waals surface area contributed by atoms with Gasteiger partial charge < -0.3 is 14.4 Å². The summed E-state index contributed by atoms with van der Waals surface area (Å²) in [5.41, 5.74) is 0. The van der Waals surface area contributed by atoms with Crippen molar-refractivity contribution in [1.82, 2.24) is 4.90 Å². The average Bonchev–Trinajstić information content (AvgIpc) is 2.28. The first kappa shape index (κ1) is 15.7. The summed E-state index contributed by atoms with van der Waals surface area (Å²) in [6, 6.07) is 0.0401. The summed E-state index contributed by atoms with van der Waals surface area (Å²) in [6.45, 7) is 5.40. The van der Waals surface area contributed by atoms with Gasteiger partial charge >= 0.3 is 0 Å². The standard InChI is InChI=1S/C11H22ClNO3/c1-9(7-12)11(14)13(5-6-15-3)10(2)8-16-4/h9-10H,5-8H2,1-4H3. The van der Waals surface area contributed by atoms with Crippen LogP contribution in [-0.2, 0) is 14.3 Å². The minimum absolute atomic E-state index is 0.0401. The van der Waals surface area contributed by atoms with Gasteiger partial charge in [-0.1, -0.05) is 6.92 Å². The lowest BCUT2D eigenvalue weighted by Crippen LogP contribution is -2.45. The molecule has 5 heteroatoms. The monoisotopic (exact) mass is 251 g/mol. The molecular formula is C11H22ClNO3. The Kier molecular flexibility index (Phi) is 8.61. The smallest absolute Gasteiger partial charge is 0.227 e. The number of nitrogens with zero attached hydrogens (tertiary/aromatic N) is 1. The molecule has 0 saturated carbocycles. The van der Waals surface area contributed by atoms with E-state index in [1.165, 1.54) is 0 Å². The highest BCUT2D eigenvalue weighted by Gasteiger charge is 2.23. The van der Waals surface area contributed by atoms with E-state index < -0.39 is 0 Å². The van der Waals surface area contributed by atoms with Crippen LogP contribution < -0.4 is 0 Å². The topological polar surface area (TPSA) is 38.8 Å². The van der Waals surface area contributed by atoms with Gasteiger partial charge in [0.15, 0.2) is 0 Å². The molecule has 0 aromatic heterocycles. The zero-order chi connectivity index (χ0) is 12.6. The van der Waals surface area contributed by atoms with Crippen molar-refractivity contribution >= 4 is 17.5 Å². The Bertz CT molecular complexity index is 202. The molecule has 0 bridgehead atoms. The van der Waals surface area contributed by atoms with Gasteiger partial charge in [-0.05, 0) is 6.92 Å². The Hall–Kier alpha value is -0.320. The molecule has 0 rings (SSSR count). The molecule has 0 N–H and O–H groups in total. The first-order chi connectivity index (χ1) is 7.58. The van der Waals surface area contributed by atoms with Gasteiger partial charge in [0, 0.05) is 32.6 Å². The van der Waals surface area contributed by atoms with E-state index in [-0.39, 0.29) is 17.9 Å². The largest absolute Gasteiger partial charge is 0.383 e. The molecule has 0 aromatic rings. The van der Waals surface area contributed by atoms with Crippen LogP contribution in [0.5, 0.6) is 0 Å². The van der Waals surface area contributed by atoms with Crippen LogP contribution in [0.2, 0.25) is 0 Å². The van der Waals surface area contributed by atoms with Gasteiger partial charge in [0.1, 0.15) is 0 Å².